The SMILES string of the molecule is Cc1ccccc1Nc1cc(F)c(I)cc1N. The fourth-order valence-corrected chi connectivity index (χ4v) is 2.02. The Hall–Kier alpha value is -1.30. The molecule has 2 aromatic rings. The molecule has 17 heavy (non-hydrogen) atoms. The van der Waals surface area contributed by atoms with Crippen molar-refractivity contribution in [2.45, 2.75) is 6.92 Å². The summed E-state index contributed by atoms with van der Waals surface area (Å²) in [7, 11) is 0. The zero-order chi connectivity index (χ0) is 12.4. The van der Waals surface area contributed by atoms with Gasteiger partial charge in [0.15, 0.2) is 0 Å². The number of nitrogen functional groups attached to an aromatic ring is 1. The lowest BCUT2D eigenvalue weighted by atomic mass is 10.2. The fraction of sp³-hybridized carbons (Fsp3) is 0.0769. The molecule has 0 heterocycles. The molecule has 0 aromatic heterocycles. The molecule has 0 saturated heterocycles. The normalized spacial score (nSPS) is 10.3. The van der Waals surface area contributed by atoms with Crippen molar-refractivity contribution in [1.29, 1.82) is 0 Å². The van der Waals surface area contributed by atoms with Crippen LogP contribution in [0.25, 0.3) is 0 Å². The van der Waals surface area contributed by atoms with Crippen molar-refractivity contribution in [3.63, 3.8) is 0 Å². The van der Waals surface area contributed by atoms with Gasteiger partial charge in [-0.3, -0.25) is 0 Å². The summed E-state index contributed by atoms with van der Waals surface area (Å²) in [6.07, 6.45) is 0. The van der Waals surface area contributed by atoms with Crippen LogP contribution in [0.1, 0.15) is 5.56 Å². The molecule has 0 atom stereocenters. The maximum atomic E-state index is 13.5. The lowest BCUT2D eigenvalue weighted by Crippen LogP contribution is -1.99. The number of para-hydroxylation sites is 1. The molecule has 0 spiro atoms. The van der Waals surface area contributed by atoms with Crippen LogP contribution in [-0.2, 0) is 0 Å². The van der Waals surface area contributed by atoms with E-state index < -0.39 is 0 Å². The number of aryl methyl sites for hydroxylation is 1. The first-order valence-corrected chi connectivity index (χ1v) is 6.23. The van der Waals surface area contributed by atoms with Crippen molar-refractivity contribution >= 4 is 39.7 Å². The van der Waals surface area contributed by atoms with Crippen LogP contribution >= 0.6 is 22.6 Å². The molecule has 0 unspecified atom stereocenters. The van der Waals surface area contributed by atoms with Crippen LogP contribution in [0.15, 0.2) is 36.4 Å². The first-order valence-electron chi connectivity index (χ1n) is 5.15. The Bertz CT molecular complexity index is 555. The lowest BCUT2D eigenvalue weighted by Gasteiger charge is -2.12. The summed E-state index contributed by atoms with van der Waals surface area (Å²) in [6.45, 7) is 1.99. The highest BCUT2D eigenvalue weighted by Gasteiger charge is 2.06. The number of benzene rings is 2. The standard InChI is InChI=1S/C13H12FIN2/c1-8-4-2-3-5-12(8)17-13-6-9(14)10(15)7-11(13)16/h2-7,17H,16H2,1H3. The minimum absolute atomic E-state index is 0.268. The van der Waals surface area contributed by atoms with Gasteiger partial charge in [0.25, 0.3) is 0 Å². The Kier molecular flexibility index (Phi) is 3.51. The second-order valence-corrected chi connectivity index (χ2v) is 4.96. The molecule has 2 rings (SSSR count). The van der Waals surface area contributed by atoms with E-state index in [-0.39, 0.29) is 5.82 Å². The van der Waals surface area contributed by atoms with Crippen LogP contribution in [0.3, 0.4) is 0 Å². The maximum Gasteiger partial charge on any atom is 0.138 e. The average molecular weight is 342 g/mol. The Morgan fingerprint density at radius 1 is 1.18 bits per heavy atom. The van der Waals surface area contributed by atoms with E-state index in [4.69, 9.17) is 5.73 Å². The smallest absolute Gasteiger partial charge is 0.138 e. The van der Waals surface area contributed by atoms with Gasteiger partial charge >= 0.3 is 0 Å². The molecule has 4 heteroatoms. The summed E-state index contributed by atoms with van der Waals surface area (Å²) in [5.74, 6) is -0.268. The highest BCUT2D eigenvalue weighted by atomic mass is 127. The maximum absolute atomic E-state index is 13.5. The molecule has 0 radical (unpaired) electrons. The first-order chi connectivity index (χ1) is 8.08. The second kappa shape index (κ2) is 4.91. The van der Waals surface area contributed by atoms with Crippen molar-refractivity contribution in [2.75, 3.05) is 11.1 Å². The Morgan fingerprint density at radius 2 is 1.88 bits per heavy atom. The van der Waals surface area contributed by atoms with E-state index in [2.05, 4.69) is 5.32 Å². The summed E-state index contributed by atoms with van der Waals surface area (Å²) in [4.78, 5) is 0. The summed E-state index contributed by atoms with van der Waals surface area (Å²) < 4.78 is 14.0. The summed E-state index contributed by atoms with van der Waals surface area (Å²) in [6, 6.07) is 10.8. The number of anilines is 3. The van der Waals surface area contributed by atoms with E-state index in [1.54, 1.807) is 6.07 Å². The zero-order valence-corrected chi connectivity index (χ0v) is 11.5. The molecule has 2 aromatic carbocycles. The monoisotopic (exact) mass is 342 g/mol. The van der Waals surface area contributed by atoms with Gasteiger partial charge in [0.1, 0.15) is 5.82 Å². The first kappa shape index (κ1) is 12.2. The van der Waals surface area contributed by atoms with Gasteiger partial charge in [-0.1, -0.05) is 18.2 Å². The largest absolute Gasteiger partial charge is 0.397 e. The molecule has 0 amide bonds. The zero-order valence-electron chi connectivity index (χ0n) is 9.30. The Morgan fingerprint density at radius 3 is 2.59 bits per heavy atom. The van der Waals surface area contributed by atoms with Crippen molar-refractivity contribution < 1.29 is 4.39 Å². The van der Waals surface area contributed by atoms with Crippen LogP contribution in [0.4, 0.5) is 21.5 Å². The van der Waals surface area contributed by atoms with Crippen molar-refractivity contribution in [3.05, 3.63) is 51.3 Å². The average Bonchev–Trinajstić information content (AvgIpc) is 2.29. The van der Waals surface area contributed by atoms with Gasteiger partial charge in [-0.15, -0.1) is 0 Å². The third kappa shape index (κ3) is 2.69. The van der Waals surface area contributed by atoms with Crippen LogP contribution in [0.5, 0.6) is 0 Å². The van der Waals surface area contributed by atoms with Crippen molar-refractivity contribution in [1.82, 2.24) is 0 Å². The van der Waals surface area contributed by atoms with Gasteiger partial charge in [0, 0.05) is 11.8 Å². The molecule has 0 aliphatic heterocycles. The van der Waals surface area contributed by atoms with Gasteiger partial charge in [-0.2, -0.15) is 0 Å². The third-order valence-electron chi connectivity index (χ3n) is 2.51. The third-order valence-corrected chi connectivity index (χ3v) is 3.33. The Balaban J connectivity index is 2.37. The van der Waals surface area contributed by atoms with E-state index in [1.807, 2.05) is 53.8 Å². The number of halogens is 2. The molecule has 0 bridgehead atoms. The molecule has 0 aliphatic rings. The predicted octanol–water partition coefficient (Wildman–Crippen LogP) is 4.06. The van der Waals surface area contributed by atoms with Crippen LogP contribution in [-0.4, -0.2) is 0 Å². The van der Waals surface area contributed by atoms with E-state index in [9.17, 15) is 4.39 Å². The minimum Gasteiger partial charge on any atom is -0.397 e. The number of nitrogens with two attached hydrogens (primary N) is 1. The molecular weight excluding hydrogens is 330 g/mol. The molecule has 0 saturated carbocycles. The topological polar surface area (TPSA) is 38.0 Å². The molecule has 0 fully saturated rings. The molecule has 3 N–H and O–H groups in total. The fourth-order valence-electron chi connectivity index (χ4n) is 1.53. The number of nitrogens with one attached hydrogen (secondary N) is 1. The molecular formula is C13H12FIN2. The molecule has 88 valence electrons. The number of hydrogen-bond acceptors (Lipinski definition) is 2. The van der Waals surface area contributed by atoms with Gasteiger partial charge in [0.05, 0.1) is 14.9 Å². The van der Waals surface area contributed by atoms with E-state index in [0.29, 0.717) is 14.9 Å². The second-order valence-electron chi connectivity index (χ2n) is 3.79. The van der Waals surface area contributed by atoms with Crippen LogP contribution < -0.4 is 11.1 Å². The van der Waals surface area contributed by atoms with Gasteiger partial charge in [0.2, 0.25) is 0 Å². The summed E-state index contributed by atoms with van der Waals surface area (Å²) >= 11 is 1.92. The number of hydrogen-bond donors (Lipinski definition) is 2. The van der Waals surface area contributed by atoms with E-state index in [0.717, 1.165) is 11.3 Å². The predicted molar refractivity (Wildman–Crippen MR) is 78.0 cm³/mol. The van der Waals surface area contributed by atoms with Crippen molar-refractivity contribution in [3.8, 4) is 0 Å². The van der Waals surface area contributed by atoms with E-state index in [1.165, 1.54) is 6.07 Å². The van der Waals surface area contributed by atoms with Gasteiger partial charge in [-0.25, -0.2) is 4.39 Å². The van der Waals surface area contributed by atoms with Crippen molar-refractivity contribution in [2.24, 2.45) is 0 Å². The number of rotatable bonds is 2. The van der Waals surface area contributed by atoms with Gasteiger partial charge < -0.3 is 11.1 Å². The summed E-state index contributed by atoms with van der Waals surface area (Å²) in [5.41, 5.74) is 9.01. The highest BCUT2D eigenvalue weighted by Crippen LogP contribution is 2.28. The molecule has 2 nitrogen and oxygen atoms in total. The van der Waals surface area contributed by atoms with Crippen LogP contribution in [0, 0.1) is 16.3 Å². The van der Waals surface area contributed by atoms with Gasteiger partial charge in [-0.05, 0) is 47.2 Å². The Labute approximate surface area is 113 Å². The minimum atomic E-state index is -0.268. The molecule has 0 aliphatic carbocycles. The lowest BCUT2D eigenvalue weighted by molar-refractivity contribution is 0.621. The summed E-state index contributed by atoms with van der Waals surface area (Å²) in [5, 5.41) is 3.14. The van der Waals surface area contributed by atoms with E-state index >= 15 is 0 Å². The highest BCUT2D eigenvalue weighted by molar-refractivity contribution is 14.1. The quantitative estimate of drug-likeness (QED) is 0.638. The van der Waals surface area contributed by atoms with Crippen LogP contribution in [0.2, 0.25) is 0 Å².